The number of rotatable bonds is 10. The third kappa shape index (κ3) is 5.69. The zero-order valence-electron chi connectivity index (χ0n) is 19.6. The van der Waals surface area contributed by atoms with Gasteiger partial charge in [-0.25, -0.2) is 4.79 Å². The van der Waals surface area contributed by atoms with Crippen LogP contribution in [-0.4, -0.2) is 27.7 Å². The normalized spacial score (nSPS) is 20.3. The number of carbonyl (C=O) groups is 1. The Bertz CT molecular complexity index is 1010. The number of benzene rings is 2. The Morgan fingerprint density at radius 1 is 1.12 bits per heavy atom. The molecule has 176 valence electrons. The molecule has 0 fully saturated rings. The highest BCUT2D eigenvalue weighted by Crippen LogP contribution is 2.44. The van der Waals surface area contributed by atoms with E-state index < -0.39 is 22.6 Å². The molecule has 6 nitrogen and oxygen atoms in total. The van der Waals surface area contributed by atoms with Gasteiger partial charge in [-0.2, -0.15) is 0 Å². The Morgan fingerprint density at radius 3 is 2.45 bits per heavy atom. The molecule has 1 aliphatic heterocycles. The lowest BCUT2D eigenvalue weighted by Crippen LogP contribution is -2.43. The quantitative estimate of drug-likeness (QED) is 0.277. The lowest BCUT2D eigenvalue weighted by atomic mass is 9.75. The molecule has 0 saturated heterocycles. The molecule has 33 heavy (non-hydrogen) atoms. The number of aliphatic hydroxyl groups is 1. The van der Waals surface area contributed by atoms with Crippen molar-refractivity contribution in [3.8, 4) is 0 Å². The summed E-state index contributed by atoms with van der Waals surface area (Å²) in [6, 6.07) is 16.5. The second kappa shape index (κ2) is 10.8. The molecular weight excluding hydrogens is 418 g/mol. The molecule has 0 amide bonds. The molecule has 0 aromatic heterocycles. The predicted molar refractivity (Wildman–Crippen MR) is 128 cm³/mol. The van der Waals surface area contributed by atoms with Gasteiger partial charge in [0.05, 0.1) is 11.0 Å². The number of aryl methyl sites for hydroxylation is 1. The first-order valence-corrected chi connectivity index (χ1v) is 11.7. The largest absolute Gasteiger partial charge is 0.455 e. The van der Waals surface area contributed by atoms with E-state index in [0.29, 0.717) is 42.4 Å². The molecule has 2 aromatic carbocycles. The van der Waals surface area contributed by atoms with Crippen LogP contribution < -0.4 is 0 Å². The number of carbonyl (C=O) groups excluding carboxylic acids is 1. The Balaban J connectivity index is 2.00. The van der Waals surface area contributed by atoms with Crippen molar-refractivity contribution in [3.05, 3.63) is 87.0 Å². The van der Waals surface area contributed by atoms with Crippen LogP contribution in [0.1, 0.15) is 69.9 Å². The van der Waals surface area contributed by atoms with Crippen LogP contribution in [0.25, 0.3) is 0 Å². The van der Waals surface area contributed by atoms with Gasteiger partial charge in [0.2, 0.25) is 0 Å². The molecule has 0 saturated carbocycles. The van der Waals surface area contributed by atoms with Gasteiger partial charge in [0.15, 0.2) is 0 Å². The van der Waals surface area contributed by atoms with Gasteiger partial charge in [-0.1, -0.05) is 62.7 Å². The number of esters is 1. The molecule has 1 N–H and O–H groups in total. The van der Waals surface area contributed by atoms with Crippen molar-refractivity contribution in [1.29, 1.82) is 0 Å². The van der Waals surface area contributed by atoms with Crippen molar-refractivity contribution in [2.75, 3.05) is 0 Å². The van der Waals surface area contributed by atoms with Crippen LogP contribution >= 0.6 is 0 Å². The first-order valence-electron chi connectivity index (χ1n) is 11.7. The SMILES string of the molecule is CCC[C@@]1(CCc2ccccc2)CC(C(C)O)=C(C(CC)c2cccc([N+](=O)[O-])c2)C(=O)O1. The minimum atomic E-state index is -0.812. The fraction of sp³-hybridized carbons (Fsp3) is 0.444. The van der Waals surface area contributed by atoms with Crippen LogP contribution in [0.5, 0.6) is 0 Å². The number of nitrogens with zero attached hydrogens (tertiary/aromatic N) is 1. The molecule has 2 unspecified atom stereocenters. The van der Waals surface area contributed by atoms with Gasteiger partial charge in [0, 0.05) is 30.0 Å². The fourth-order valence-electron chi connectivity index (χ4n) is 4.94. The van der Waals surface area contributed by atoms with E-state index in [1.54, 1.807) is 19.1 Å². The van der Waals surface area contributed by atoms with Gasteiger partial charge >= 0.3 is 5.97 Å². The highest BCUT2D eigenvalue weighted by Gasteiger charge is 2.43. The summed E-state index contributed by atoms with van der Waals surface area (Å²) in [5.74, 6) is -0.798. The molecule has 1 aliphatic rings. The van der Waals surface area contributed by atoms with E-state index in [1.807, 2.05) is 25.1 Å². The molecule has 0 radical (unpaired) electrons. The van der Waals surface area contributed by atoms with Gasteiger partial charge in [-0.15, -0.1) is 0 Å². The van der Waals surface area contributed by atoms with Crippen LogP contribution in [0.2, 0.25) is 0 Å². The summed E-state index contributed by atoms with van der Waals surface area (Å²) in [6.45, 7) is 5.69. The van der Waals surface area contributed by atoms with Crippen molar-refractivity contribution in [2.45, 2.75) is 76.9 Å². The summed E-state index contributed by atoms with van der Waals surface area (Å²) < 4.78 is 6.17. The zero-order valence-corrected chi connectivity index (χ0v) is 19.6. The second-order valence-electron chi connectivity index (χ2n) is 8.91. The molecule has 1 heterocycles. The van der Waals surface area contributed by atoms with Crippen LogP contribution in [0.4, 0.5) is 5.69 Å². The van der Waals surface area contributed by atoms with E-state index in [0.717, 1.165) is 12.8 Å². The lowest BCUT2D eigenvalue weighted by Gasteiger charge is -2.41. The number of nitro groups is 1. The predicted octanol–water partition coefficient (Wildman–Crippen LogP) is 5.88. The van der Waals surface area contributed by atoms with Crippen molar-refractivity contribution in [2.24, 2.45) is 0 Å². The monoisotopic (exact) mass is 451 g/mol. The van der Waals surface area contributed by atoms with E-state index in [4.69, 9.17) is 4.74 Å². The Kier molecular flexibility index (Phi) is 8.03. The van der Waals surface area contributed by atoms with Gasteiger partial charge < -0.3 is 9.84 Å². The van der Waals surface area contributed by atoms with E-state index >= 15 is 0 Å². The van der Waals surface area contributed by atoms with E-state index in [1.165, 1.54) is 17.7 Å². The van der Waals surface area contributed by atoms with Gasteiger partial charge in [-0.05, 0) is 49.3 Å². The average Bonchev–Trinajstić information content (AvgIpc) is 2.80. The maximum Gasteiger partial charge on any atom is 0.335 e. The number of aliphatic hydroxyl groups excluding tert-OH is 1. The number of nitro benzene ring substituents is 1. The number of hydrogen-bond acceptors (Lipinski definition) is 5. The summed E-state index contributed by atoms with van der Waals surface area (Å²) in [5, 5.41) is 22.0. The van der Waals surface area contributed by atoms with Crippen LogP contribution in [0.15, 0.2) is 65.7 Å². The van der Waals surface area contributed by atoms with Crippen molar-refractivity contribution < 1.29 is 19.6 Å². The van der Waals surface area contributed by atoms with Crippen molar-refractivity contribution in [3.63, 3.8) is 0 Å². The highest BCUT2D eigenvalue weighted by molar-refractivity contribution is 5.92. The topological polar surface area (TPSA) is 89.7 Å². The maximum atomic E-state index is 13.5. The zero-order chi connectivity index (χ0) is 24.0. The van der Waals surface area contributed by atoms with Crippen LogP contribution in [-0.2, 0) is 16.0 Å². The fourth-order valence-corrected chi connectivity index (χ4v) is 4.94. The summed E-state index contributed by atoms with van der Waals surface area (Å²) >= 11 is 0. The Labute approximate surface area is 195 Å². The van der Waals surface area contributed by atoms with Gasteiger partial charge in [-0.3, -0.25) is 10.1 Å². The average molecular weight is 452 g/mol. The minimum Gasteiger partial charge on any atom is -0.455 e. The molecule has 0 bridgehead atoms. The van der Waals surface area contributed by atoms with Crippen LogP contribution in [0.3, 0.4) is 0 Å². The molecule has 0 spiro atoms. The lowest BCUT2D eigenvalue weighted by molar-refractivity contribution is -0.384. The van der Waals surface area contributed by atoms with Gasteiger partial charge in [0.1, 0.15) is 5.60 Å². The summed E-state index contributed by atoms with van der Waals surface area (Å²) in [7, 11) is 0. The number of cyclic esters (lactones) is 1. The van der Waals surface area contributed by atoms with Crippen LogP contribution in [0, 0.1) is 10.1 Å². The molecular formula is C27H33NO5. The molecule has 3 atom stereocenters. The van der Waals surface area contributed by atoms with Gasteiger partial charge in [0.25, 0.3) is 5.69 Å². The van der Waals surface area contributed by atoms with E-state index in [2.05, 4.69) is 19.1 Å². The molecule has 3 rings (SSSR count). The van der Waals surface area contributed by atoms with Crippen molar-refractivity contribution >= 4 is 11.7 Å². The molecule has 6 heteroatoms. The number of ether oxygens (including phenoxy) is 1. The standard InChI is InChI=1S/C27H33NO5/c1-4-15-27(16-14-20-10-7-6-8-11-20)18-24(19(3)29)25(26(30)33-27)23(5-2)21-12-9-13-22(17-21)28(31)32/h6-13,17,19,23,29H,4-5,14-16,18H2,1-3H3/t19?,23?,27-/m1/s1. The Hall–Kier alpha value is -2.99. The third-order valence-corrected chi connectivity index (χ3v) is 6.55. The summed E-state index contributed by atoms with van der Waals surface area (Å²) in [5.41, 5.74) is 2.31. The molecule has 2 aromatic rings. The summed E-state index contributed by atoms with van der Waals surface area (Å²) in [4.78, 5) is 24.3. The smallest absolute Gasteiger partial charge is 0.335 e. The van der Waals surface area contributed by atoms with E-state index in [9.17, 15) is 20.0 Å². The highest BCUT2D eigenvalue weighted by atomic mass is 16.6. The number of non-ortho nitro benzene ring substituents is 1. The first kappa shape index (κ1) is 24.6. The van der Waals surface area contributed by atoms with Crippen molar-refractivity contribution in [1.82, 2.24) is 0 Å². The number of hydrogen-bond donors (Lipinski definition) is 1. The maximum absolute atomic E-state index is 13.5. The minimum absolute atomic E-state index is 0.0162. The first-order chi connectivity index (χ1) is 15.8. The third-order valence-electron chi connectivity index (χ3n) is 6.55. The second-order valence-corrected chi connectivity index (χ2v) is 8.91. The molecule has 0 aliphatic carbocycles. The van der Waals surface area contributed by atoms with E-state index in [-0.39, 0.29) is 11.6 Å². The Morgan fingerprint density at radius 2 is 1.85 bits per heavy atom. The summed E-state index contributed by atoms with van der Waals surface area (Å²) in [6.07, 6.45) is 3.24.